The monoisotopic (exact) mass is 509 g/mol. The van der Waals surface area contributed by atoms with E-state index < -0.39 is 0 Å². The molecule has 10 nitrogen and oxygen atoms in total. The van der Waals surface area contributed by atoms with Crippen molar-refractivity contribution in [2.75, 3.05) is 83.3 Å². The number of likely N-dealkylation sites (tertiary alicyclic amines) is 1. The summed E-state index contributed by atoms with van der Waals surface area (Å²) in [4.78, 5) is 29.6. The number of hydrogen-bond donors (Lipinski definition) is 1. The molecule has 0 bridgehead atoms. The van der Waals surface area contributed by atoms with Gasteiger partial charge in [-0.1, -0.05) is 0 Å². The zero-order valence-electron chi connectivity index (χ0n) is 21.0. The van der Waals surface area contributed by atoms with Gasteiger partial charge >= 0.3 is 0 Å². The Balaban J connectivity index is 1.21. The second kappa shape index (κ2) is 10.5. The molecule has 36 heavy (non-hydrogen) atoms. The smallest absolute Gasteiger partial charge is 0.219 e. The van der Waals surface area contributed by atoms with Crippen LogP contribution in [0.15, 0.2) is 18.5 Å². The molecular formula is C25H35N9OS. The summed E-state index contributed by atoms with van der Waals surface area (Å²) < 4.78 is 6.75. The fraction of sp³-hybridized carbons (Fsp3) is 0.600. The minimum atomic E-state index is 0.252. The number of piperidine rings is 1. The van der Waals surface area contributed by atoms with Crippen LogP contribution in [-0.2, 0) is 11.3 Å². The van der Waals surface area contributed by atoms with Crippen LogP contribution in [0.2, 0.25) is 0 Å². The van der Waals surface area contributed by atoms with E-state index in [1.54, 1.807) is 12.4 Å². The number of rotatable bonds is 5. The van der Waals surface area contributed by atoms with Gasteiger partial charge in [0.15, 0.2) is 11.6 Å². The molecule has 2 N–H and O–H groups in total. The van der Waals surface area contributed by atoms with Crippen molar-refractivity contribution in [1.29, 1.82) is 0 Å². The summed E-state index contributed by atoms with van der Waals surface area (Å²) in [7, 11) is 2.24. The Hall–Kier alpha value is -2.44. The van der Waals surface area contributed by atoms with Crippen LogP contribution >= 0.6 is 11.3 Å². The summed E-state index contributed by atoms with van der Waals surface area (Å²) in [6, 6.07) is 3.01. The molecule has 3 aliphatic heterocycles. The average molecular weight is 510 g/mol. The van der Waals surface area contributed by atoms with E-state index in [1.165, 1.54) is 43.9 Å². The first-order chi connectivity index (χ1) is 17.6. The zero-order valence-corrected chi connectivity index (χ0v) is 21.8. The maximum absolute atomic E-state index is 5.70. The number of anilines is 2. The van der Waals surface area contributed by atoms with Crippen LogP contribution in [0.25, 0.3) is 21.6 Å². The summed E-state index contributed by atoms with van der Waals surface area (Å²) in [5.41, 5.74) is 7.46. The maximum Gasteiger partial charge on any atom is 0.219 e. The van der Waals surface area contributed by atoms with E-state index >= 15 is 0 Å². The van der Waals surface area contributed by atoms with Gasteiger partial charge in [0.25, 0.3) is 0 Å². The molecule has 0 atom stereocenters. The van der Waals surface area contributed by atoms with Gasteiger partial charge < -0.3 is 20.3 Å². The van der Waals surface area contributed by atoms with E-state index in [9.17, 15) is 0 Å². The Morgan fingerprint density at radius 2 is 1.69 bits per heavy atom. The largest absolute Gasteiger partial charge is 0.378 e. The number of nitrogen functional groups attached to an aromatic ring is 1. The third-order valence-corrected chi connectivity index (χ3v) is 8.74. The van der Waals surface area contributed by atoms with Crippen molar-refractivity contribution in [3.05, 3.63) is 23.3 Å². The van der Waals surface area contributed by atoms with Gasteiger partial charge in [-0.3, -0.25) is 9.80 Å². The van der Waals surface area contributed by atoms with E-state index in [0.29, 0.717) is 19.0 Å². The van der Waals surface area contributed by atoms with E-state index in [0.717, 1.165) is 60.4 Å². The number of piperazine rings is 1. The van der Waals surface area contributed by atoms with Crippen molar-refractivity contribution in [2.24, 2.45) is 0 Å². The molecule has 3 saturated heterocycles. The molecule has 192 valence electrons. The Labute approximate surface area is 216 Å². The van der Waals surface area contributed by atoms with Crippen LogP contribution in [0.5, 0.6) is 0 Å². The van der Waals surface area contributed by atoms with Crippen molar-refractivity contribution in [3.8, 4) is 11.4 Å². The third-order valence-electron chi connectivity index (χ3n) is 7.64. The lowest BCUT2D eigenvalue weighted by atomic mass is 10.0. The average Bonchev–Trinajstić information content (AvgIpc) is 3.32. The minimum absolute atomic E-state index is 0.252. The van der Waals surface area contributed by atoms with Crippen molar-refractivity contribution in [1.82, 2.24) is 34.6 Å². The van der Waals surface area contributed by atoms with Crippen LogP contribution in [0.4, 0.5) is 11.8 Å². The lowest BCUT2D eigenvalue weighted by Gasteiger charge is -2.42. The summed E-state index contributed by atoms with van der Waals surface area (Å²) in [6.45, 7) is 11.1. The third kappa shape index (κ3) is 5.16. The first-order valence-electron chi connectivity index (χ1n) is 13.0. The highest BCUT2D eigenvalue weighted by atomic mass is 32.1. The lowest BCUT2D eigenvalue weighted by molar-refractivity contribution is 0.0622. The molecule has 0 radical (unpaired) electrons. The summed E-state index contributed by atoms with van der Waals surface area (Å²) in [6.07, 6.45) is 6.00. The van der Waals surface area contributed by atoms with Gasteiger partial charge in [0.1, 0.15) is 0 Å². The van der Waals surface area contributed by atoms with Crippen LogP contribution in [0.1, 0.15) is 17.7 Å². The van der Waals surface area contributed by atoms with E-state index in [2.05, 4.69) is 42.7 Å². The molecule has 0 aliphatic carbocycles. The fourth-order valence-electron chi connectivity index (χ4n) is 5.48. The summed E-state index contributed by atoms with van der Waals surface area (Å²) in [5.74, 6) is 1.88. The number of thiophene rings is 1. The number of nitrogens with two attached hydrogens (primary N) is 1. The Bertz CT molecular complexity index is 1160. The predicted octanol–water partition coefficient (Wildman–Crippen LogP) is 1.78. The van der Waals surface area contributed by atoms with Gasteiger partial charge in [0.05, 0.1) is 29.0 Å². The maximum atomic E-state index is 5.70. The van der Waals surface area contributed by atoms with Crippen molar-refractivity contribution >= 4 is 33.3 Å². The van der Waals surface area contributed by atoms with Gasteiger partial charge in [0.2, 0.25) is 5.95 Å². The second-order valence-corrected chi connectivity index (χ2v) is 11.2. The Morgan fingerprint density at radius 3 is 2.42 bits per heavy atom. The van der Waals surface area contributed by atoms with Crippen LogP contribution in [0.3, 0.4) is 0 Å². The summed E-state index contributed by atoms with van der Waals surface area (Å²) in [5, 5.41) is 0. The van der Waals surface area contributed by atoms with Crippen LogP contribution < -0.4 is 10.6 Å². The van der Waals surface area contributed by atoms with Crippen molar-refractivity contribution < 1.29 is 4.74 Å². The minimum Gasteiger partial charge on any atom is -0.378 e. The van der Waals surface area contributed by atoms with Gasteiger partial charge in [-0.05, 0) is 39.0 Å². The molecule has 6 heterocycles. The van der Waals surface area contributed by atoms with E-state index in [-0.39, 0.29) is 5.95 Å². The first kappa shape index (κ1) is 23.9. The molecule has 3 aliphatic rings. The predicted molar refractivity (Wildman–Crippen MR) is 143 cm³/mol. The fourth-order valence-corrected chi connectivity index (χ4v) is 6.64. The Morgan fingerprint density at radius 1 is 0.972 bits per heavy atom. The van der Waals surface area contributed by atoms with Crippen molar-refractivity contribution in [3.63, 3.8) is 0 Å². The SMILES string of the molecule is CN1CCC(N2CCN(Cc3cc4nc(-c5cnc(N)nc5)nc(N5CCOCC5)c4s3)CC2)CC1. The highest BCUT2D eigenvalue weighted by Crippen LogP contribution is 2.35. The quantitative estimate of drug-likeness (QED) is 0.548. The lowest BCUT2D eigenvalue weighted by Crippen LogP contribution is -2.52. The second-order valence-electron chi connectivity index (χ2n) is 10.1. The van der Waals surface area contributed by atoms with Gasteiger partial charge in [0, 0.05) is 69.1 Å². The highest BCUT2D eigenvalue weighted by molar-refractivity contribution is 7.19. The topological polar surface area (TPSA) is 99.8 Å². The highest BCUT2D eigenvalue weighted by Gasteiger charge is 2.27. The van der Waals surface area contributed by atoms with Crippen LogP contribution in [0, 0.1) is 0 Å². The summed E-state index contributed by atoms with van der Waals surface area (Å²) >= 11 is 1.83. The standard InChI is InChI=1S/C25H35N9OS/c1-31-4-2-19(3-5-31)33-8-6-32(7-9-33)17-20-14-21-22(36-20)24(34-10-12-35-13-11-34)30-23(29-21)18-15-27-25(26)28-16-18/h14-16,19H,2-13,17H2,1H3,(H2,26,27,28). The molecule has 11 heteroatoms. The van der Waals surface area contributed by atoms with Gasteiger partial charge in [-0.25, -0.2) is 19.9 Å². The zero-order chi connectivity index (χ0) is 24.5. The number of ether oxygens (including phenoxy) is 1. The van der Waals surface area contributed by atoms with Crippen LogP contribution in [-0.4, -0.2) is 113 Å². The molecular weight excluding hydrogens is 474 g/mol. The van der Waals surface area contributed by atoms with Gasteiger partial charge in [-0.15, -0.1) is 11.3 Å². The molecule has 6 rings (SSSR count). The number of fused-ring (bicyclic) bond motifs is 1. The van der Waals surface area contributed by atoms with E-state index in [4.69, 9.17) is 20.4 Å². The Kier molecular flexibility index (Phi) is 6.98. The van der Waals surface area contributed by atoms with Crippen molar-refractivity contribution in [2.45, 2.75) is 25.4 Å². The van der Waals surface area contributed by atoms with E-state index in [1.807, 2.05) is 11.3 Å². The number of aromatic nitrogens is 4. The molecule has 3 fully saturated rings. The molecule has 3 aromatic rings. The molecule has 0 unspecified atom stereocenters. The number of morpholine rings is 1. The molecule has 0 spiro atoms. The molecule has 3 aromatic heterocycles. The molecule has 0 amide bonds. The number of hydrogen-bond acceptors (Lipinski definition) is 11. The normalized spacial score (nSPS) is 21.4. The number of nitrogens with zero attached hydrogens (tertiary/aromatic N) is 8. The first-order valence-corrected chi connectivity index (χ1v) is 13.8. The molecule has 0 saturated carbocycles. The molecule has 0 aromatic carbocycles. The van der Waals surface area contributed by atoms with Gasteiger partial charge in [-0.2, -0.15) is 0 Å².